The number of aryl methyl sites for hydroxylation is 1. The molecule has 0 saturated carbocycles. The van der Waals surface area contributed by atoms with Crippen LogP contribution in [0.1, 0.15) is 37.4 Å². The highest BCUT2D eigenvalue weighted by atomic mass is 16.5. The van der Waals surface area contributed by atoms with Crippen LogP contribution in [0.4, 0.5) is 0 Å². The van der Waals surface area contributed by atoms with E-state index in [-0.39, 0.29) is 12.1 Å². The van der Waals surface area contributed by atoms with Crippen molar-refractivity contribution >= 4 is 0 Å². The summed E-state index contributed by atoms with van der Waals surface area (Å²) in [5.41, 5.74) is 8.03. The minimum absolute atomic E-state index is 0.0397. The smallest absolute Gasteiger partial charge is 0.124 e. The van der Waals surface area contributed by atoms with Gasteiger partial charge < -0.3 is 15.6 Å². The summed E-state index contributed by atoms with van der Waals surface area (Å²) < 4.78 is 5.65. The fraction of sp³-hybridized carbons (Fsp3) is 0.538. The van der Waals surface area contributed by atoms with Crippen molar-refractivity contribution in [2.45, 2.75) is 39.3 Å². The molecule has 0 aliphatic heterocycles. The van der Waals surface area contributed by atoms with Gasteiger partial charge in [0.2, 0.25) is 0 Å². The first-order valence-corrected chi connectivity index (χ1v) is 5.67. The molecule has 0 aliphatic rings. The third kappa shape index (κ3) is 3.83. The standard InChI is InChI=1S/C13H21NO2/c1-9-4-5-12(11(3)14)13(8-9)16-7-6-10(2)15/h4-5,8,10-11,15H,6-7,14H2,1-3H3/t10?,11-/m1/s1. The van der Waals surface area contributed by atoms with Gasteiger partial charge in [-0.05, 0) is 32.4 Å². The molecule has 2 atom stereocenters. The summed E-state index contributed by atoms with van der Waals surface area (Å²) in [5, 5.41) is 9.16. The summed E-state index contributed by atoms with van der Waals surface area (Å²) in [6.07, 6.45) is 0.301. The average Bonchev–Trinajstić information content (AvgIpc) is 2.16. The topological polar surface area (TPSA) is 55.5 Å². The van der Waals surface area contributed by atoms with Gasteiger partial charge in [0, 0.05) is 18.0 Å². The Morgan fingerprint density at radius 3 is 2.62 bits per heavy atom. The predicted molar refractivity (Wildman–Crippen MR) is 65.6 cm³/mol. The molecule has 0 saturated heterocycles. The largest absolute Gasteiger partial charge is 0.493 e. The Morgan fingerprint density at radius 1 is 1.38 bits per heavy atom. The van der Waals surface area contributed by atoms with E-state index in [9.17, 15) is 0 Å². The molecule has 0 aliphatic carbocycles. The van der Waals surface area contributed by atoms with Crippen molar-refractivity contribution in [1.82, 2.24) is 0 Å². The lowest BCUT2D eigenvalue weighted by atomic mass is 10.1. The summed E-state index contributed by atoms with van der Waals surface area (Å²) >= 11 is 0. The Kier molecular flexibility index (Phi) is 4.77. The normalized spacial score (nSPS) is 14.6. The maximum absolute atomic E-state index is 9.16. The molecule has 0 heterocycles. The molecule has 3 N–H and O–H groups in total. The molecule has 1 unspecified atom stereocenters. The quantitative estimate of drug-likeness (QED) is 0.804. The molecule has 0 spiro atoms. The van der Waals surface area contributed by atoms with Crippen molar-refractivity contribution in [1.29, 1.82) is 0 Å². The van der Waals surface area contributed by atoms with E-state index < -0.39 is 0 Å². The Morgan fingerprint density at radius 2 is 2.06 bits per heavy atom. The van der Waals surface area contributed by atoms with E-state index in [2.05, 4.69) is 0 Å². The van der Waals surface area contributed by atoms with Crippen molar-refractivity contribution < 1.29 is 9.84 Å². The molecule has 0 radical (unpaired) electrons. The van der Waals surface area contributed by atoms with Gasteiger partial charge in [0.1, 0.15) is 5.75 Å². The first-order valence-electron chi connectivity index (χ1n) is 5.67. The summed E-state index contributed by atoms with van der Waals surface area (Å²) in [5.74, 6) is 0.829. The maximum Gasteiger partial charge on any atom is 0.124 e. The predicted octanol–water partition coefficient (Wildman–Crippen LogP) is 2.16. The minimum Gasteiger partial charge on any atom is -0.493 e. The van der Waals surface area contributed by atoms with Gasteiger partial charge in [0.25, 0.3) is 0 Å². The molecule has 0 bridgehead atoms. The number of rotatable bonds is 5. The van der Waals surface area contributed by atoms with E-state index in [1.807, 2.05) is 32.0 Å². The molecule has 0 aromatic heterocycles. The average molecular weight is 223 g/mol. The zero-order valence-electron chi connectivity index (χ0n) is 10.2. The number of hydrogen-bond acceptors (Lipinski definition) is 3. The fourth-order valence-corrected chi connectivity index (χ4v) is 1.48. The third-order valence-corrected chi connectivity index (χ3v) is 2.45. The zero-order valence-corrected chi connectivity index (χ0v) is 10.2. The van der Waals surface area contributed by atoms with Crippen LogP contribution in [-0.2, 0) is 0 Å². The van der Waals surface area contributed by atoms with Gasteiger partial charge in [-0.25, -0.2) is 0 Å². The first-order chi connectivity index (χ1) is 7.50. The second-order valence-electron chi connectivity index (χ2n) is 4.32. The number of benzene rings is 1. The lowest BCUT2D eigenvalue weighted by Gasteiger charge is -2.15. The van der Waals surface area contributed by atoms with Crippen molar-refractivity contribution in [3.8, 4) is 5.75 Å². The van der Waals surface area contributed by atoms with Gasteiger partial charge in [-0.1, -0.05) is 12.1 Å². The van der Waals surface area contributed by atoms with E-state index in [1.54, 1.807) is 6.92 Å². The number of hydrogen-bond donors (Lipinski definition) is 2. The second kappa shape index (κ2) is 5.87. The molecule has 3 nitrogen and oxygen atoms in total. The minimum atomic E-state index is -0.330. The van der Waals surface area contributed by atoms with Crippen LogP contribution in [0, 0.1) is 6.92 Å². The van der Waals surface area contributed by atoms with Crippen LogP contribution in [0.25, 0.3) is 0 Å². The summed E-state index contributed by atoms with van der Waals surface area (Å²) in [7, 11) is 0. The van der Waals surface area contributed by atoms with Crippen molar-refractivity contribution in [3.63, 3.8) is 0 Å². The highest BCUT2D eigenvalue weighted by Crippen LogP contribution is 2.25. The molecule has 1 aromatic carbocycles. The third-order valence-electron chi connectivity index (χ3n) is 2.45. The van der Waals surface area contributed by atoms with Crippen LogP contribution < -0.4 is 10.5 Å². The second-order valence-corrected chi connectivity index (χ2v) is 4.32. The molecule has 1 aromatic rings. The Hall–Kier alpha value is -1.06. The zero-order chi connectivity index (χ0) is 12.1. The van der Waals surface area contributed by atoms with Gasteiger partial charge in [0.05, 0.1) is 12.7 Å². The lowest BCUT2D eigenvalue weighted by Crippen LogP contribution is -2.11. The summed E-state index contributed by atoms with van der Waals surface area (Å²) in [6.45, 7) is 6.23. The van der Waals surface area contributed by atoms with Crippen LogP contribution in [0.3, 0.4) is 0 Å². The van der Waals surface area contributed by atoms with Crippen LogP contribution >= 0.6 is 0 Å². The van der Waals surface area contributed by atoms with Crippen LogP contribution in [0.2, 0.25) is 0 Å². The summed E-state index contributed by atoms with van der Waals surface area (Å²) in [6, 6.07) is 5.97. The Labute approximate surface area is 97.2 Å². The molecule has 16 heavy (non-hydrogen) atoms. The lowest BCUT2D eigenvalue weighted by molar-refractivity contribution is 0.155. The van der Waals surface area contributed by atoms with Gasteiger partial charge >= 0.3 is 0 Å². The monoisotopic (exact) mass is 223 g/mol. The fourth-order valence-electron chi connectivity index (χ4n) is 1.48. The number of aliphatic hydroxyl groups is 1. The van der Waals surface area contributed by atoms with Crippen LogP contribution in [0.5, 0.6) is 5.75 Å². The molecule has 90 valence electrons. The highest BCUT2D eigenvalue weighted by molar-refractivity contribution is 5.38. The number of aliphatic hydroxyl groups excluding tert-OH is 1. The van der Waals surface area contributed by atoms with Crippen molar-refractivity contribution in [2.24, 2.45) is 5.73 Å². The molecule has 0 fully saturated rings. The number of ether oxygens (including phenoxy) is 1. The molecule has 1 rings (SSSR count). The molecular formula is C13H21NO2. The van der Waals surface area contributed by atoms with E-state index in [0.29, 0.717) is 13.0 Å². The molecule has 3 heteroatoms. The molecule has 0 amide bonds. The summed E-state index contributed by atoms with van der Waals surface area (Å²) in [4.78, 5) is 0. The van der Waals surface area contributed by atoms with Gasteiger partial charge in [-0.15, -0.1) is 0 Å². The van der Waals surface area contributed by atoms with E-state index in [4.69, 9.17) is 15.6 Å². The van der Waals surface area contributed by atoms with Crippen LogP contribution in [-0.4, -0.2) is 17.8 Å². The van der Waals surface area contributed by atoms with Crippen LogP contribution in [0.15, 0.2) is 18.2 Å². The van der Waals surface area contributed by atoms with Gasteiger partial charge in [-0.3, -0.25) is 0 Å². The Bertz CT molecular complexity index is 335. The van der Waals surface area contributed by atoms with E-state index in [1.165, 1.54) is 0 Å². The van der Waals surface area contributed by atoms with E-state index >= 15 is 0 Å². The Balaban J connectivity index is 2.72. The first kappa shape index (κ1) is 13.0. The van der Waals surface area contributed by atoms with E-state index in [0.717, 1.165) is 16.9 Å². The SMILES string of the molecule is Cc1ccc([C@@H](C)N)c(OCCC(C)O)c1. The van der Waals surface area contributed by atoms with Gasteiger partial charge in [0.15, 0.2) is 0 Å². The maximum atomic E-state index is 9.16. The van der Waals surface area contributed by atoms with Crippen molar-refractivity contribution in [2.75, 3.05) is 6.61 Å². The highest BCUT2D eigenvalue weighted by Gasteiger charge is 2.08. The molecular weight excluding hydrogens is 202 g/mol. The van der Waals surface area contributed by atoms with Gasteiger partial charge in [-0.2, -0.15) is 0 Å². The van der Waals surface area contributed by atoms with Crippen molar-refractivity contribution in [3.05, 3.63) is 29.3 Å². The number of nitrogens with two attached hydrogens (primary N) is 1.